The van der Waals surface area contributed by atoms with E-state index in [2.05, 4.69) is 33.8 Å². The van der Waals surface area contributed by atoms with Crippen LogP contribution in [0.4, 0.5) is 0 Å². The molecular weight excluding hydrogens is 343 g/mol. The first-order chi connectivity index (χ1) is 12.5. The maximum atomic E-state index is 11.3. The summed E-state index contributed by atoms with van der Waals surface area (Å²) in [5.74, 6) is 1.87. The molecule has 0 bridgehead atoms. The van der Waals surface area contributed by atoms with Crippen LogP contribution in [-0.2, 0) is 17.4 Å². The molecule has 1 aromatic rings. The molecule has 0 aliphatic heterocycles. The molecule has 1 N–H and O–H groups in total. The Morgan fingerprint density at radius 1 is 0.962 bits per heavy atom. The zero-order valence-corrected chi connectivity index (χ0v) is 18.1. The first-order valence-electron chi connectivity index (χ1n) is 10.5. The first kappa shape index (κ1) is 23.1. The second-order valence-corrected chi connectivity index (χ2v) is 8.12. The molecule has 1 rings (SSSR count). The van der Waals surface area contributed by atoms with Gasteiger partial charge in [-0.15, -0.1) is 4.89 Å². The van der Waals surface area contributed by atoms with Crippen LogP contribution in [0.25, 0.3) is 0 Å². The van der Waals surface area contributed by atoms with Crippen molar-refractivity contribution in [3.8, 4) is 5.75 Å². The van der Waals surface area contributed by atoms with Gasteiger partial charge in [-0.2, -0.15) is 0 Å². The largest absolute Gasteiger partial charge is 0.747 e. The number of hydrogen-bond acceptors (Lipinski definition) is 2. The number of unbranched alkanes of at least 4 members (excludes halogenated alkanes) is 2. The van der Waals surface area contributed by atoms with Gasteiger partial charge in [0.2, 0.25) is 0 Å². The lowest BCUT2D eigenvalue weighted by Crippen LogP contribution is -2.10. The summed E-state index contributed by atoms with van der Waals surface area (Å²) in [6, 6.07) is 6.00. The summed E-state index contributed by atoms with van der Waals surface area (Å²) < 4.78 is 16.6. The van der Waals surface area contributed by atoms with E-state index in [-0.39, 0.29) is 0 Å². The molecule has 3 unspecified atom stereocenters. The minimum atomic E-state index is -2.63. The van der Waals surface area contributed by atoms with Crippen LogP contribution >= 0.6 is 8.25 Å². The van der Waals surface area contributed by atoms with Crippen LogP contribution in [0.1, 0.15) is 90.2 Å². The van der Waals surface area contributed by atoms with Crippen molar-refractivity contribution in [1.29, 1.82) is 0 Å². The van der Waals surface area contributed by atoms with Crippen LogP contribution in [0.15, 0.2) is 18.2 Å². The third-order valence-electron chi connectivity index (χ3n) is 5.49. The third kappa shape index (κ3) is 8.18. The predicted octanol–water partition coefficient (Wildman–Crippen LogP) is 7.23. The molecular formula is C22H38O3P+. The Morgan fingerprint density at radius 3 is 2.04 bits per heavy atom. The highest BCUT2D eigenvalue weighted by Gasteiger charge is 2.23. The Kier molecular flexibility index (Phi) is 11.8. The zero-order valence-electron chi connectivity index (χ0n) is 17.2. The summed E-state index contributed by atoms with van der Waals surface area (Å²) in [4.78, 5) is 9.29. The molecule has 0 amide bonds. The molecule has 0 aliphatic carbocycles. The fourth-order valence-corrected chi connectivity index (χ4v) is 4.03. The van der Waals surface area contributed by atoms with Gasteiger partial charge in [-0.05, 0) is 36.3 Å². The van der Waals surface area contributed by atoms with Crippen LogP contribution in [-0.4, -0.2) is 4.89 Å². The molecule has 0 saturated heterocycles. The second-order valence-electron chi connectivity index (χ2n) is 7.46. The SMILES string of the molecule is CCCCC(CC)Cc1cccc(O[P+](=O)O)c1CC(CC)CCCC. The van der Waals surface area contributed by atoms with Gasteiger partial charge in [0, 0.05) is 10.1 Å². The number of hydrogen-bond donors (Lipinski definition) is 1. The average molecular weight is 382 g/mol. The maximum Gasteiger partial charge on any atom is 0.747 e. The van der Waals surface area contributed by atoms with Gasteiger partial charge in [0.15, 0.2) is 5.75 Å². The zero-order chi connectivity index (χ0) is 19.4. The molecule has 1 aromatic carbocycles. The van der Waals surface area contributed by atoms with Crippen LogP contribution in [0, 0.1) is 11.8 Å². The molecule has 0 spiro atoms. The van der Waals surface area contributed by atoms with Crippen molar-refractivity contribution in [3.05, 3.63) is 29.3 Å². The lowest BCUT2D eigenvalue weighted by molar-refractivity contribution is 0.399. The summed E-state index contributed by atoms with van der Waals surface area (Å²) in [5, 5.41) is 0. The Hall–Kier alpha value is -0.920. The van der Waals surface area contributed by atoms with E-state index in [1.807, 2.05) is 12.1 Å². The van der Waals surface area contributed by atoms with Gasteiger partial charge in [-0.3, -0.25) is 0 Å². The van der Waals surface area contributed by atoms with Crippen LogP contribution in [0.2, 0.25) is 0 Å². The van der Waals surface area contributed by atoms with Crippen molar-refractivity contribution in [2.75, 3.05) is 0 Å². The predicted molar refractivity (Wildman–Crippen MR) is 111 cm³/mol. The topological polar surface area (TPSA) is 46.5 Å². The van der Waals surface area contributed by atoms with Crippen LogP contribution in [0.5, 0.6) is 5.75 Å². The molecule has 0 saturated carbocycles. The Morgan fingerprint density at radius 2 is 1.54 bits per heavy atom. The van der Waals surface area contributed by atoms with Crippen molar-refractivity contribution in [3.63, 3.8) is 0 Å². The average Bonchev–Trinajstić information content (AvgIpc) is 2.63. The van der Waals surface area contributed by atoms with E-state index in [4.69, 9.17) is 4.52 Å². The van der Waals surface area contributed by atoms with E-state index < -0.39 is 8.25 Å². The van der Waals surface area contributed by atoms with Gasteiger partial charge in [0.25, 0.3) is 0 Å². The van der Waals surface area contributed by atoms with Crippen molar-refractivity contribution in [2.45, 2.75) is 91.9 Å². The number of benzene rings is 1. The van der Waals surface area contributed by atoms with Gasteiger partial charge in [0.1, 0.15) is 0 Å². The van der Waals surface area contributed by atoms with Gasteiger partial charge in [-0.25, -0.2) is 4.52 Å². The molecule has 3 nitrogen and oxygen atoms in total. The van der Waals surface area contributed by atoms with Crippen molar-refractivity contribution in [2.24, 2.45) is 11.8 Å². The van der Waals surface area contributed by atoms with E-state index in [0.29, 0.717) is 17.6 Å². The minimum absolute atomic E-state index is 0.603. The van der Waals surface area contributed by atoms with Gasteiger partial charge < -0.3 is 0 Å². The standard InChI is InChI=1S/C22H37O3P/c1-5-9-12-18(7-3)16-20-14-11-15-22(25-26(23)24)21(20)17-19(8-4)13-10-6-2/h11,14-15,18-19H,5-10,12-13,16-17H2,1-4H3/p+1. The summed E-state index contributed by atoms with van der Waals surface area (Å²) in [6.45, 7) is 8.97. The summed E-state index contributed by atoms with van der Waals surface area (Å²) in [6.07, 6.45) is 11.7. The summed E-state index contributed by atoms with van der Waals surface area (Å²) in [5.41, 5.74) is 2.46. The Bertz CT molecular complexity index is 530. The van der Waals surface area contributed by atoms with Gasteiger partial charge in [0.05, 0.1) is 0 Å². The summed E-state index contributed by atoms with van der Waals surface area (Å²) >= 11 is 0. The Labute approximate surface area is 161 Å². The maximum absolute atomic E-state index is 11.3. The molecule has 0 aliphatic rings. The van der Waals surface area contributed by atoms with Gasteiger partial charge >= 0.3 is 8.25 Å². The van der Waals surface area contributed by atoms with E-state index >= 15 is 0 Å². The lowest BCUT2D eigenvalue weighted by atomic mass is 9.85. The first-order valence-corrected chi connectivity index (χ1v) is 11.6. The monoisotopic (exact) mass is 381 g/mol. The highest BCUT2D eigenvalue weighted by atomic mass is 31.1. The molecule has 0 aromatic heterocycles. The lowest BCUT2D eigenvalue weighted by Gasteiger charge is -2.21. The van der Waals surface area contributed by atoms with Crippen molar-refractivity contribution < 1.29 is 14.0 Å². The van der Waals surface area contributed by atoms with Crippen LogP contribution < -0.4 is 4.52 Å². The number of rotatable bonds is 14. The highest BCUT2D eigenvalue weighted by molar-refractivity contribution is 7.32. The van der Waals surface area contributed by atoms with Crippen molar-refractivity contribution >= 4 is 8.25 Å². The highest BCUT2D eigenvalue weighted by Crippen LogP contribution is 2.34. The fraction of sp³-hybridized carbons (Fsp3) is 0.727. The van der Waals surface area contributed by atoms with E-state index in [1.165, 1.54) is 50.5 Å². The minimum Gasteiger partial charge on any atom is -0.229 e. The molecule has 26 heavy (non-hydrogen) atoms. The smallest absolute Gasteiger partial charge is 0.229 e. The third-order valence-corrected chi connectivity index (χ3v) is 5.85. The normalized spacial score (nSPS) is 14.1. The van der Waals surface area contributed by atoms with Gasteiger partial charge in [-0.1, -0.05) is 91.2 Å². The molecule has 3 atom stereocenters. The Balaban J connectivity index is 3.08. The fourth-order valence-electron chi connectivity index (χ4n) is 3.69. The second kappa shape index (κ2) is 13.3. The molecule has 0 radical (unpaired) electrons. The molecule has 0 fully saturated rings. The van der Waals surface area contributed by atoms with Crippen molar-refractivity contribution in [1.82, 2.24) is 0 Å². The molecule has 148 valence electrons. The van der Waals surface area contributed by atoms with E-state index in [1.54, 1.807) is 0 Å². The van der Waals surface area contributed by atoms with E-state index in [9.17, 15) is 9.46 Å². The van der Waals surface area contributed by atoms with Crippen LogP contribution in [0.3, 0.4) is 0 Å². The molecule has 0 heterocycles. The quantitative estimate of drug-likeness (QED) is 0.346. The molecule has 4 heteroatoms. The summed E-state index contributed by atoms with van der Waals surface area (Å²) in [7, 11) is -2.63. The van der Waals surface area contributed by atoms with E-state index in [0.717, 1.165) is 24.8 Å².